The summed E-state index contributed by atoms with van der Waals surface area (Å²) < 4.78 is 0. The monoisotopic (exact) mass is 497 g/mol. The molecule has 2 unspecified atom stereocenters. The fourth-order valence-corrected chi connectivity index (χ4v) is 3.25. The summed E-state index contributed by atoms with van der Waals surface area (Å²) in [4.78, 5) is 25.7. The molecule has 0 saturated heterocycles. The first-order valence-corrected chi connectivity index (χ1v) is 12.0. The van der Waals surface area contributed by atoms with E-state index in [0.29, 0.717) is 44.3 Å². The lowest BCUT2D eigenvalue weighted by molar-refractivity contribution is -0.130. The van der Waals surface area contributed by atoms with Crippen LogP contribution in [0.3, 0.4) is 0 Å². The summed E-state index contributed by atoms with van der Waals surface area (Å²) in [7, 11) is 1.62. The Morgan fingerprint density at radius 1 is 1.08 bits per heavy atom. The van der Waals surface area contributed by atoms with E-state index in [9.17, 15) is 14.7 Å². The van der Waals surface area contributed by atoms with E-state index >= 15 is 0 Å². The zero-order chi connectivity index (χ0) is 26.6. The van der Waals surface area contributed by atoms with E-state index in [0.717, 1.165) is 5.56 Å². The number of aryl methyl sites for hydroxylation is 1. The molecule has 0 fully saturated rings. The smallest absolute Gasteiger partial charge is 0.242 e. The van der Waals surface area contributed by atoms with Gasteiger partial charge in [0.05, 0.1) is 6.61 Å². The third-order valence-electron chi connectivity index (χ3n) is 5.24. The normalized spacial score (nSPS) is 13.3. The highest BCUT2D eigenvalue weighted by Crippen LogP contribution is 2.06. The van der Waals surface area contributed by atoms with Gasteiger partial charge < -0.3 is 31.6 Å². The van der Waals surface area contributed by atoms with Crippen molar-refractivity contribution in [2.45, 2.75) is 37.8 Å². The van der Waals surface area contributed by atoms with E-state index in [-0.39, 0.29) is 18.3 Å². The second-order valence-electron chi connectivity index (χ2n) is 7.93. The van der Waals surface area contributed by atoms with Gasteiger partial charge in [-0.25, -0.2) is 0 Å². The molecule has 1 aromatic rings. The van der Waals surface area contributed by atoms with Crippen LogP contribution in [0.15, 0.2) is 84.6 Å². The van der Waals surface area contributed by atoms with Crippen LogP contribution in [-0.4, -0.2) is 66.8 Å². The molecule has 0 aliphatic rings. The zero-order valence-electron chi connectivity index (χ0n) is 21.0. The lowest BCUT2D eigenvalue weighted by Crippen LogP contribution is -2.54. The van der Waals surface area contributed by atoms with Crippen LogP contribution in [0, 0.1) is 0 Å². The lowest BCUT2D eigenvalue weighted by Gasteiger charge is -2.22. The zero-order valence-corrected chi connectivity index (χ0v) is 21.0. The Morgan fingerprint density at radius 3 is 2.44 bits per heavy atom. The van der Waals surface area contributed by atoms with Gasteiger partial charge in [0.15, 0.2) is 5.84 Å². The van der Waals surface area contributed by atoms with E-state index in [1.165, 1.54) is 0 Å². The van der Waals surface area contributed by atoms with E-state index < -0.39 is 18.0 Å². The third kappa shape index (κ3) is 12.1. The lowest BCUT2D eigenvalue weighted by atomic mass is 10.0. The van der Waals surface area contributed by atoms with Crippen molar-refractivity contribution in [1.29, 1.82) is 0 Å². The van der Waals surface area contributed by atoms with Gasteiger partial charge in [0, 0.05) is 19.2 Å². The van der Waals surface area contributed by atoms with Gasteiger partial charge in [-0.2, -0.15) is 0 Å². The van der Waals surface area contributed by atoms with Gasteiger partial charge in [0.25, 0.3) is 0 Å². The van der Waals surface area contributed by atoms with Crippen molar-refractivity contribution in [2.75, 3.05) is 26.7 Å². The molecule has 0 bridgehead atoms. The van der Waals surface area contributed by atoms with Gasteiger partial charge >= 0.3 is 0 Å². The maximum atomic E-state index is 12.9. The van der Waals surface area contributed by atoms with Gasteiger partial charge in [-0.15, -0.1) is 0 Å². The van der Waals surface area contributed by atoms with Crippen molar-refractivity contribution in [2.24, 2.45) is 5.16 Å². The molecular weight excluding hydrogens is 458 g/mol. The Hall–Kier alpha value is -3.69. The van der Waals surface area contributed by atoms with E-state index in [4.69, 9.17) is 5.21 Å². The second kappa shape index (κ2) is 18.6. The number of nitrogens with one attached hydrogen (secondary N) is 4. The van der Waals surface area contributed by atoms with Crippen LogP contribution in [0.2, 0.25) is 0 Å². The molecule has 9 heteroatoms. The molecule has 0 radical (unpaired) electrons. The molecule has 36 heavy (non-hydrogen) atoms. The summed E-state index contributed by atoms with van der Waals surface area (Å²) in [5, 5.41) is 33.0. The first-order chi connectivity index (χ1) is 17.5. The van der Waals surface area contributed by atoms with Crippen LogP contribution in [0.1, 0.15) is 24.8 Å². The Bertz CT molecular complexity index is 912. The van der Waals surface area contributed by atoms with E-state index in [1.54, 1.807) is 25.3 Å². The second-order valence-corrected chi connectivity index (χ2v) is 7.93. The summed E-state index contributed by atoms with van der Waals surface area (Å²) in [5.74, 6) is -0.481. The highest BCUT2D eigenvalue weighted by molar-refractivity contribution is 5.99. The predicted octanol–water partition coefficient (Wildman–Crippen LogP) is 1.81. The molecule has 0 heterocycles. The van der Waals surface area contributed by atoms with Gasteiger partial charge in [-0.05, 0) is 37.8 Å². The number of allylic oxidation sites excluding steroid dienone is 2. The number of carbonyl (C=O) groups is 2. The molecule has 0 spiro atoms. The molecule has 2 amide bonds. The summed E-state index contributed by atoms with van der Waals surface area (Å²) in [6, 6.07) is 8.14. The van der Waals surface area contributed by atoms with E-state index in [1.807, 2.05) is 42.5 Å². The van der Waals surface area contributed by atoms with Gasteiger partial charge in [0.2, 0.25) is 11.8 Å². The third-order valence-corrected chi connectivity index (χ3v) is 5.24. The molecule has 0 aliphatic heterocycles. The van der Waals surface area contributed by atoms with Crippen LogP contribution >= 0.6 is 0 Å². The van der Waals surface area contributed by atoms with Crippen molar-refractivity contribution in [3.05, 3.63) is 85.0 Å². The number of oxime groups is 1. The van der Waals surface area contributed by atoms with Crippen LogP contribution in [0.5, 0.6) is 0 Å². The Labute approximate surface area is 213 Å². The number of aliphatic hydroxyl groups is 1. The highest BCUT2D eigenvalue weighted by Gasteiger charge is 2.24. The first-order valence-electron chi connectivity index (χ1n) is 12.0. The number of benzene rings is 1. The first kappa shape index (κ1) is 30.3. The summed E-state index contributed by atoms with van der Waals surface area (Å²) >= 11 is 0. The fourth-order valence-electron chi connectivity index (χ4n) is 3.25. The minimum Gasteiger partial charge on any atom is -0.409 e. The number of amides is 2. The number of hydrogen-bond donors (Lipinski definition) is 6. The Kier molecular flexibility index (Phi) is 15.7. The summed E-state index contributed by atoms with van der Waals surface area (Å²) in [5.41, 5.74) is 1.56. The number of nitrogens with zero attached hydrogens (tertiary/aromatic N) is 1. The van der Waals surface area contributed by atoms with Crippen LogP contribution in [-0.2, 0) is 16.0 Å². The molecule has 2 atom stereocenters. The van der Waals surface area contributed by atoms with Gasteiger partial charge in [0.1, 0.15) is 12.1 Å². The number of amidine groups is 1. The average Bonchev–Trinajstić information content (AvgIpc) is 2.89. The van der Waals surface area contributed by atoms with Crippen molar-refractivity contribution in [3.8, 4) is 0 Å². The minimum absolute atomic E-state index is 0.253. The van der Waals surface area contributed by atoms with Gasteiger partial charge in [-0.1, -0.05) is 79.0 Å². The number of likely N-dealkylation sites (N-methyl/N-ethyl adjacent to an activating group) is 1. The Balaban J connectivity index is 2.71. The maximum absolute atomic E-state index is 12.9. The van der Waals surface area contributed by atoms with Crippen LogP contribution in [0.25, 0.3) is 0 Å². The molecular formula is C27H39N5O4. The van der Waals surface area contributed by atoms with E-state index in [2.05, 4.69) is 39.6 Å². The molecule has 196 valence electrons. The summed E-state index contributed by atoms with van der Waals surface area (Å²) in [6.07, 6.45) is 11.1. The average molecular weight is 498 g/mol. The number of aliphatic hydroxyl groups excluding tert-OH is 1. The van der Waals surface area contributed by atoms with Crippen LogP contribution < -0.4 is 21.3 Å². The molecule has 0 aliphatic carbocycles. The largest absolute Gasteiger partial charge is 0.409 e. The number of rotatable bonds is 17. The topological polar surface area (TPSA) is 135 Å². The molecule has 0 aromatic heterocycles. The highest BCUT2D eigenvalue weighted by atomic mass is 16.4. The molecule has 6 N–H and O–H groups in total. The molecule has 9 nitrogen and oxygen atoms in total. The number of hydrogen-bond acceptors (Lipinski definition) is 6. The van der Waals surface area contributed by atoms with Crippen molar-refractivity contribution in [3.63, 3.8) is 0 Å². The fraction of sp³-hybridized carbons (Fsp3) is 0.370. The van der Waals surface area contributed by atoms with Crippen molar-refractivity contribution in [1.82, 2.24) is 21.3 Å². The molecule has 1 rings (SSSR count). The Morgan fingerprint density at radius 2 is 1.81 bits per heavy atom. The minimum atomic E-state index is -0.822. The summed E-state index contributed by atoms with van der Waals surface area (Å²) in [6.45, 7) is 7.86. The molecule has 1 aromatic carbocycles. The quantitative estimate of drug-likeness (QED) is 0.0485. The van der Waals surface area contributed by atoms with Gasteiger partial charge in [-0.3, -0.25) is 9.59 Å². The van der Waals surface area contributed by atoms with Crippen molar-refractivity contribution >= 4 is 17.6 Å². The predicted molar refractivity (Wildman–Crippen MR) is 144 cm³/mol. The molecule has 0 saturated carbocycles. The number of carbonyl (C=O) groups excluding carboxylic acids is 2. The van der Waals surface area contributed by atoms with Crippen LogP contribution in [0.4, 0.5) is 0 Å². The standard InChI is InChI=1S/C27H39N5O4/c1-4-5-6-11-18-29-24(20-33)27(35)31-23(17-16-22-14-8-7-9-15-22)26(34)30-19-12-10-13-21(2)25(28-3)32-36/h4-10,13-15,23-24,29,33,36H,1-2,11-12,16-20H2,3H3,(H,28,32)(H,30,34)(H,31,35)/b6-5-,13-10-. The maximum Gasteiger partial charge on any atom is 0.242 e. The van der Waals surface area contributed by atoms with Crippen molar-refractivity contribution < 1.29 is 19.9 Å². The SMILES string of the molecule is C=C/C=C\CCNC(CO)C(=O)NC(CCc1ccccc1)C(=O)NCC/C=C\C(=C)/C(=N/O)NC.